The van der Waals surface area contributed by atoms with Crippen molar-refractivity contribution < 1.29 is 14.3 Å². The van der Waals surface area contributed by atoms with Gasteiger partial charge in [-0.3, -0.25) is 4.79 Å². The van der Waals surface area contributed by atoms with E-state index in [1.165, 1.54) is 0 Å². The zero-order chi connectivity index (χ0) is 13.1. The first-order valence-corrected chi connectivity index (χ1v) is 6.16. The number of nitrogens with zero attached hydrogens (tertiary/aromatic N) is 2. The Kier molecular flexibility index (Phi) is 3.76. The van der Waals surface area contributed by atoms with Gasteiger partial charge in [-0.25, -0.2) is 0 Å². The molecule has 1 heterocycles. The third-order valence-electron chi connectivity index (χ3n) is 2.42. The number of aryl methyl sites for hydroxylation is 2. The third-order valence-corrected chi connectivity index (χ3v) is 3.31. The molecule has 1 aromatic heterocycles. The van der Waals surface area contributed by atoms with Gasteiger partial charge in [-0.05, 0) is 30.7 Å². The second kappa shape index (κ2) is 5.30. The van der Waals surface area contributed by atoms with Gasteiger partial charge in [-0.15, -0.1) is 10.2 Å². The van der Waals surface area contributed by atoms with Crippen LogP contribution >= 0.6 is 15.9 Å². The van der Waals surface area contributed by atoms with Crippen LogP contribution in [0.3, 0.4) is 0 Å². The molecule has 0 saturated carbocycles. The number of carbonyl (C=O) groups is 1. The molecule has 6 heteroatoms. The summed E-state index contributed by atoms with van der Waals surface area (Å²) in [5.74, 6) is -0.131. The molecule has 0 unspecified atom stereocenters. The first-order chi connectivity index (χ1) is 8.56. The van der Waals surface area contributed by atoms with E-state index in [2.05, 4.69) is 26.1 Å². The summed E-state index contributed by atoms with van der Waals surface area (Å²) >= 11 is 3.42. The predicted molar refractivity (Wildman–Crippen MR) is 68.1 cm³/mol. The van der Waals surface area contributed by atoms with Gasteiger partial charge in [0.05, 0.1) is 6.42 Å². The van der Waals surface area contributed by atoms with Gasteiger partial charge < -0.3 is 9.52 Å². The Bertz CT molecular complexity index is 580. The first-order valence-electron chi connectivity index (χ1n) is 5.37. The van der Waals surface area contributed by atoms with Crippen molar-refractivity contribution in [1.82, 2.24) is 10.2 Å². The molecule has 2 rings (SSSR count). The van der Waals surface area contributed by atoms with E-state index < -0.39 is 5.97 Å². The smallest absolute Gasteiger partial charge is 0.303 e. The van der Waals surface area contributed by atoms with Gasteiger partial charge in [-0.2, -0.15) is 0 Å². The fourth-order valence-electron chi connectivity index (χ4n) is 1.46. The van der Waals surface area contributed by atoms with Gasteiger partial charge in [0.15, 0.2) is 0 Å². The molecule has 0 aliphatic carbocycles. The van der Waals surface area contributed by atoms with Crippen LogP contribution in [0.4, 0.5) is 0 Å². The Labute approximate surface area is 112 Å². The van der Waals surface area contributed by atoms with Crippen LogP contribution in [-0.4, -0.2) is 21.3 Å². The number of aliphatic carboxylic acids is 1. The summed E-state index contributed by atoms with van der Waals surface area (Å²) < 4.78 is 6.43. The first kappa shape index (κ1) is 12.8. The molecule has 0 spiro atoms. The van der Waals surface area contributed by atoms with Crippen LogP contribution in [0, 0.1) is 6.92 Å². The average Bonchev–Trinajstić information content (AvgIpc) is 2.79. The standard InChI is InChI=1S/C12H11BrN2O3/c1-7-6-8(2-3-9(7)13)12-15-14-10(18-12)4-5-11(16)17/h2-3,6H,4-5H2,1H3,(H,16,17). The quantitative estimate of drug-likeness (QED) is 0.939. The molecule has 94 valence electrons. The van der Waals surface area contributed by atoms with E-state index in [1.807, 2.05) is 25.1 Å². The summed E-state index contributed by atoms with van der Waals surface area (Å²) in [5, 5.41) is 16.3. The lowest BCUT2D eigenvalue weighted by molar-refractivity contribution is -0.137. The number of rotatable bonds is 4. The molecular weight excluding hydrogens is 300 g/mol. The van der Waals surface area contributed by atoms with Crippen LogP contribution in [0.1, 0.15) is 17.9 Å². The summed E-state index contributed by atoms with van der Waals surface area (Å²) in [7, 11) is 0. The van der Waals surface area contributed by atoms with Crippen molar-refractivity contribution in [2.45, 2.75) is 19.8 Å². The topological polar surface area (TPSA) is 76.2 Å². The highest BCUT2D eigenvalue weighted by atomic mass is 79.9. The predicted octanol–water partition coefficient (Wildman–Crippen LogP) is 2.82. The van der Waals surface area contributed by atoms with E-state index in [9.17, 15) is 4.79 Å². The van der Waals surface area contributed by atoms with Crippen molar-refractivity contribution in [2.24, 2.45) is 0 Å². The van der Waals surface area contributed by atoms with E-state index in [1.54, 1.807) is 0 Å². The number of aromatic nitrogens is 2. The molecule has 0 aliphatic heterocycles. The average molecular weight is 311 g/mol. The van der Waals surface area contributed by atoms with Crippen LogP contribution in [0.15, 0.2) is 27.1 Å². The molecule has 0 fully saturated rings. The molecular formula is C12H11BrN2O3. The monoisotopic (exact) mass is 310 g/mol. The number of carboxylic acids is 1. The van der Waals surface area contributed by atoms with Crippen LogP contribution in [-0.2, 0) is 11.2 Å². The van der Waals surface area contributed by atoms with E-state index in [-0.39, 0.29) is 12.8 Å². The molecule has 0 amide bonds. The lowest BCUT2D eigenvalue weighted by Gasteiger charge is -1.99. The maximum absolute atomic E-state index is 10.4. The highest BCUT2D eigenvalue weighted by molar-refractivity contribution is 9.10. The van der Waals surface area contributed by atoms with Gasteiger partial charge in [0.1, 0.15) is 0 Å². The largest absolute Gasteiger partial charge is 0.481 e. The van der Waals surface area contributed by atoms with Crippen LogP contribution in [0.5, 0.6) is 0 Å². The SMILES string of the molecule is Cc1cc(-c2nnc(CCC(=O)O)o2)ccc1Br. The van der Waals surface area contributed by atoms with Crippen molar-refractivity contribution in [2.75, 3.05) is 0 Å². The zero-order valence-electron chi connectivity index (χ0n) is 9.68. The van der Waals surface area contributed by atoms with Crippen molar-refractivity contribution >= 4 is 21.9 Å². The summed E-state index contributed by atoms with van der Waals surface area (Å²) in [6, 6.07) is 5.70. The van der Waals surface area contributed by atoms with Crippen LogP contribution in [0.2, 0.25) is 0 Å². The van der Waals surface area contributed by atoms with E-state index in [0.29, 0.717) is 11.8 Å². The fourth-order valence-corrected chi connectivity index (χ4v) is 1.71. The number of carboxylic acid groups (broad SMARTS) is 1. The third kappa shape index (κ3) is 2.95. The van der Waals surface area contributed by atoms with E-state index in [4.69, 9.17) is 9.52 Å². The lowest BCUT2D eigenvalue weighted by atomic mass is 10.1. The molecule has 1 N–H and O–H groups in total. The number of hydrogen-bond donors (Lipinski definition) is 1. The molecule has 0 bridgehead atoms. The second-order valence-corrected chi connectivity index (χ2v) is 4.71. The Hall–Kier alpha value is -1.69. The van der Waals surface area contributed by atoms with Gasteiger partial charge in [-0.1, -0.05) is 15.9 Å². The summed E-state index contributed by atoms with van der Waals surface area (Å²) in [4.78, 5) is 10.4. The van der Waals surface area contributed by atoms with Crippen LogP contribution in [0.25, 0.3) is 11.5 Å². The van der Waals surface area contributed by atoms with Crippen LogP contribution < -0.4 is 0 Å². The van der Waals surface area contributed by atoms with Gasteiger partial charge in [0.2, 0.25) is 11.8 Å². The molecule has 0 saturated heterocycles. The summed E-state index contributed by atoms with van der Waals surface area (Å²) in [6.45, 7) is 1.97. The molecule has 0 atom stereocenters. The molecule has 1 aromatic carbocycles. The number of halogens is 1. The fraction of sp³-hybridized carbons (Fsp3) is 0.250. The Morgan fingerprint density at radius 2 is 2.22 bits per heavy atom. The summed E-state index contributed by atoms with van der Waals surface area (Å²) in [5.41, 5.74) is 1.89. The molecule has 0 radical (unpaired) electrons. The van der Waals surface area contributed by atoms with Crippen molar-refractivity contribution in [3.05, 3.63) is 34.1 Å². The Morgan fingerprint density at radius 1 is 1.44 bits per heavy atom. The Balaban J connectivity index is 2.18. The lowest BCUT2D eigenvalue weighted by Crippen LogP contribution is -1.97. The normalized spacial score (nSPS) is 10.6. The van der Waals surface area contributed by atoms with Gasteiger partial charge >= 0.3 is 5.97 Å². The molecule has 2 aromatic rings. The minimum atomic E-state index is -0.880. The zero-order valence-corrected chi connectivity index (χ0v) is 11.3. The number of benzene rings is 1. The highest BCUT2D eigenvalue weighted by Crippen LogP contribution is 2.24. The minimum Gasteiger partial charge on any atom is -0.481 e. The van der Waals surface area contributed by atoms with E-state index in [0.717, 1.165) is 15.6 Å². The summed E-state index contributed by atoms with van der Waals surface area (Å²) in [6.07, 6.45) is 0.235. The maximum atomic E-state index is 10.4. The van der Waals surface area contributed by atoms with Crippen molar-refractivity contribution in [3.63, 3.8) is 0 Å². The molecule has 5 nitrogen and oxygen atoms in total. The number of hydrogen-bond acceptors (Lipinski definition) is 4. The highest BCUT2D eigenvalue weighted by Gasteiger charge is 2.10. The van der Waals surface area contributed by atoms with Crippen molar-refractivity contribution in [3.8, 4) is 11.5 Å². The van der Waals surface area contributed by atoms with Gasteiger partial charge in [0, 0.05) is 16.5 Å². The van der Waals surface area contributed by atoms with Gasteiger partial charge in [0.25, 0.3) is 0 Å². The maximum Gasteiger partial charge on any atom is 0.303 e. The minimum absolute atomic E-state index is 0.0129. The van der Waals surface area contributed by atoms with Crippen molar-refractivity contribution in [1.29, 1.82) is 0 Å². The second-order valence-electron chi connectivity index (χ2n) is 3.86. The molecule has 18 heavy (non-hydrogen) atoms. The Morgan fingerprint density at radius 3 is 2.89 bits per heavy atom. The van der Waals surface area contributed by atoms with E-state index >= 15 is 0 Å². The molecule has 0 aliphatic rings.